The Balaban J connectivity index is 1.50. The zero-order chi connectivity index (χ0) is 21.3. The van der Waals surface area contributed by atoms with Gasteiger partial charge in [0.1, 0.15) is 0 Å². The van der Waals surface area contributed by atoms with Gasteiger partial charge in [-0.25, -0.2) is 0 Å². The van der Waals surface area contributed by atoms with E-state index in [0.29, 0.717) is 22.5 Å². The molecule has 4 rings (SSSR count). The van der Waals surface area contributed by atoms with Crippen LogP contribution in [0.5, 0.6) is 0 Å². The van der Waals surface area contributed by atoms with E-state index in [9.17, 15) is 9.59 Å². The minimum Gasteiger partial charge on any atom is -0.411 e. The summed E-state index contributed by atoms with van der Waals surface area (Å²) in [4.78, 5) is 26.8. The molecule has 2 amide bonds. The fourth-order valence-electron chi connectivity index (χ4n) is 3.64. The maximum Gasteiger partial charge on any atom is 0.277 e. The Labute approximate surface area is 178 Å². The number of benzene rings is 2. The number of carbonyl (C=O) groups is 2. The summed E-state index contributed by atoms with van der Waals surface area (Å²) < 4.78 is 5.76. The maximum absolute atomic E-state index is 13.0. The lowest BCUT2D eigenvalue weighted by atomic mass is 10.1. The van der Waals surface area contributed by atoms with Crippen LogP contribution in [0.25, 0.3) is 11.5 Å². The van der Waals surface area contributed by atoms with Crippen molar-refractivity contribution in [3.8, 4) is 11.5 Å². The van der Waals surface area contributed by atoms with Crippen molar-refractivity contribution in [2.45, 2.75) is 38.5 Å². The minimum atomic E-state index is -0.254. The summed E-state index contributed by atoms with van der Waals surface area (Å²) >= 11 is 1.19. The molecule has 1 aromatic heterocycles. The van der Waals surface area contributed by atoms with Gasteiger partial charge in [-0.2, -0.15) is 0 Å². The van der Waals surface area contributed by atoms with Crippen LogP contribution in [0.3, 0.4) is 0 Å². The Kier molecular flexibility index (Phi) is 5.59. The number of para-hydroxylation sites is 2. The molecule has 0 aliphatic carbocycles. The van der Waals surface area contributed by atoms with Gasteiger partial charge < -0.3 is 14.6 Å². The van der Waals surface area contributed by atoms with Crippen LogP contribution < -0.4 is 10.2 Å². The molecule has 0 radical (unpaired) electrons. The Morgan fingerprint density at radius 1 is 1.20 bits per heavy atom. The Morgan fingerprint density at radius 3 is 2.70 bits per heavy atom. The number of nitrogens with zero attached hydrogens (tertiary/aromatic N) is 3. The van der Waals surface area contributed by atoms with Crippen molar-refractivity contribution in [3.63, 3.8) is 0 Å². The highest BCUT2D eigenvalue weighted by Gasteiger charge is 2.29. The van der Waals surface area contributed by atoms with Gasteiger partial charge in [0.15, 0.2) is 0 Å². The van der Waals surface area contributed by atoms with Gasteiger partial charge in [-0.1, -0.05) is 41.1 Å². The predicted octanol–water partition coefficient (Wildman–Crippen LogP) is 4.21. The highest BCUT2D eigenvalue weighted by Crippen LogP contribution is 2.32. The molecule has 1 aliphatic heterocycles. The Hall–Kier alpha value is -3.13. The van der Waals surface area contributed by atoms with Crippen molar-refractivity contribution in [1.29, 1.82) is 0 Å². The highest BCUT2D eigenvalue weighted by molar-refractivity contribution is 7.99. The van der Waals surface area contributed by atoms with Crippen LogP contribution in [-0.4, -0.2) is 33.8 Å². The van der Waals surface area contributed by atoms with Crippen LogP contribution in [-0.2, 0) is 9.59 Å². The van der Waals surface area contributed by atoms with Gasteiger partial charge in [-0.3, -0.25) is 9.59 Å². The summed E-state index contributed by atoms with van der Waals surface area (Å²) in [7, 11) is 0. The van der Waals surface area contributed by atoms with Crippen LogP contribution >= 0.6 is 11.8 Å². The van der Waals surface area contributed by atoms with Gasteiger partial charge in [0.25, 0.3) is 5.22 Å². The predicted molar refractivity (Wildman–Crippen MR) is 117 cm³/mol. The van der Waals surface area contributed by atoms with Gasteiger partial charge >= 0.3 is 0 Å². The molecule has 0 saturated carbocycles. The molecule has 1 atom stereocenters. The number of hydrogen-bond acceptors (Lipinski definition) is 6. The summed E-state index contributed by atoms with van der Waals surface area (Å²) in [5, 5.41) is 11.4. The normalized spacial score (nSPS) is 16.0. The number of aromatic nitrogens is 2. The standard InChI is InChI=1S/C22H22N4O3S/c1-13-8-14(2)10-16(9-13)21-24-25-22(29-21)30-12-20(28)26-15(3)11-19(27)23-17-6-4-5-7-18(17)26/h4-10,15H,11-12H2,1-3H3,(H,23,27)/t15-/m0/s1. The number of amides is 2. The number of fused-ring (bicyclic) bond motifs is 1. The number of rotatable bonds is 4. The second-order valence-electron chi connectivity index (χ2n) is 7.42. The average Bonchev–Trinajstić information content (AvgIpc) is 3.11. The first-order valence-corrected chi connectivity index (χ1v) is 10.6. The number of hydrogen-bond donors (Lipinski definition) is 1. The van der Waals surface area contributed by atoms with Gasteiger partial charge in [0.2, 0.25) is 17.7 Å². The molecule has 7 nitrogen and oxygen atoms in total. The van der Waals surface area contributed by atoms with E-state index in [1.807, 2.05) is 51.1 Å². The van der Waals surface area contributed by atoms with E-state index in [-0.39, 0.29) is 30.0 Å². The molecule has 0 bridgehead atoms. The lowest BCUT2D eigenvalue weighted by Gasteiger charge is -2.27. The third-order valence-corrected chi connectivity index (χ3v) is 5.63. The second-order valence-corrected chi connectivity index (χ2v) is 8.35. The number of anilines is 2. The first-order chi connectivity index (χ1) is 14.4. The Morgan fingerprint density at radius 2 is 1.93 bits per heavy atom. The monoisotopic (exact) mass is 422 g/mol. The van der Waals surface area contributed by atoms with Gasteiger partial charge in [0, 0.05) is 18.0 Å². The number of carbonyl (C=O) groups excluding carboxylic acids is 2. The molecule has 8 heteroatoms. The van der Waals surface area contributed by atoms with E-state index >= 15 is 0 Å². The SMILES string of the molecule is Cc1cc(C)cc(-c2nnc(SCC(=O)N3c4ccccc4NC(=O)C[C@@H]3C)o2)c1. The summed E-state index contributed by atoms with van der Waals surface area (Å²) in [6, 6.07) is 13.1. The van der Waals surface area contributed by atoms with E-state index < -0.39 is 0 Å². The van der Waals surface area contributed by atoms with Crippen LogP contribution in [0.2, 0.25) is 0 Å². The van der Waals surface area contributed by atoms with Crippen molar-refractivity contribution in [3.05, 3.63) is 53.6 Å². The highest BCUT2D eigenvalue weighted by atomic mass is 32.2. The molecule has 0 fully saturated rings. The first-order valence-electron chi connectivity index (χ1n) is 9.66. The fourth-order valence-corrected chi connectivity index (χ4v) is 4.27. The fraction of sp³-hybridized carbons (Fsp3) is 0.273. The van der Waals surface area contributed by atoms with E-state index in [4.69, 9.17) is 4.42 Å². The van der Waals surface area contributed by atoms with Gasteiger partial charge in [-0.05, 0) is 45.0 Å². The van der Waals surface area contributed by atoms with Crippen molar-refractivity contribution >= 4 is 35.0 Å². The van der Waals surface area contributed by atoms with Crippen LogP contribution in [0.4, 0.5) is 11.4 Å². The van der Waals surface area contributed by atoms with Crippen molar-refractivity contribution in [2.24, 2.45) is 0 Å². The third-order valence-electron chi connectivity index (χ3n) is 4.82. The van der Waals surface area contributed by atoms with Gasteiger partial charge in [0.05, 0.1) is 17.1 Å². The van der Waals surface area contributed by atoms with E-state index in [2.05, 4.69) is 21.6 Å². The van der Waals surface area contributed by atoms with Crippen molar-refractivity contribution < 1.29 is 14.0 Å². The van der Waals surface area contributed by atoms with Crippen molar-refractivity contribution in [1.82, 2.24) is 10.2 Å². The zero-order valence-electron chi connectivity index (χ0n) is 17.0. The molecule has 0 saturated heterocycles. The maximum atomic E-state index is 13.0. The summed E-state index contributed by atoms with van der Waals surface area (Å²) in [6.07, 6.45) is 0.239. The second kappa shape index (κ2) is 8.31. The molecule has 0 spiro atoms. The molecule has 2 heterocycles. The molecule has 0 unspecified atom stereocenters. The van der Waals surface area contributed by atoms with Crippen molar-refractivity contribution in [2.75, 3.05) is 16.0 Å². The van der Waals surface area contributed by atoms with Crippen LogP contribution in [0.15, 0.2) is 52.1 Å². The lowest BCUT2D eigenvalue weighted by molar-refractivity contribution is -0.117. The van der Waals surface area contributed by atoms with Gasteiger partial charge in [-0.15, -0.1) is 10.2 Å². The summed E-state index contributed by atoms with van der Waals surface area (Å²) in [5.41, 5.74) is 4.43. The summed E-state index contributed by atoms with van der Waals surface area (Å²) in [5.74, 6) is 0.331. The first kappa shape index (κ1) is 20.2. The minimum absolute atomic E-state index is 0.104. The largest absolute Gasteiger partial charge is 0.411 e. The lowest BCUT2D eigenvalue weighted by Crippen LogP contribution is -2.40. The van der Waals surface area contributed by atoms with Crippen LogP contribution in [0, 0.1) is 13.8 Å². The quantitative estimate of drug-likeness (QED) is 0.634. The topological polar surface area (TPSA) is 88.3 Å². The number of aryl methyl sites for hydroxylation is 2. The number of nitrogens with one attached hydrogen (secondary N) is 1. The smallest absolute Gasteiger partial charge is 0.277 e. The Bertz CT molecular complexity index is 1090. The molecular formula is C22H22N4O3S. The molecule has 1 N–H and O–H groups in total. The molecular weight excluding hydrogens is 400 g/mol. The third kappa shape index (κ3) is 4.23. The van der Waals surface area contributed by atoms with E-state index in [1.54, 1.807) is 11.0 Å². The van der Waals surface area contributed by atoms with E-state index in [1.165, 1.54) is 11.8 Å². The van der Waals surface area contributed by atoms with Crippen LogP contribution in [0.1, 0.15) is 24.5 Å². The molecule has 154 valence electrons. The summed E-state index contributed by atoms with van der Waals surface area (Å²) in [6.45, 7) is 5.90. The molecule has 2 aromatic carbocycles. The molecule has 1 aliphatic rings. The number of thioether (sulfide) groups is 1. The molecule has 3 aromatic rings. The molecule has 30 heavy (non-hydrogen) atoms. The zero-order valence-corrected chi connectivity index (χ0v) is 17.8. The van der Waals surface area contributed by atoms with E-state index in [0.717, 1.165) is 16.7 Å². The average molecular weight is 423 g/mol.